The maximum Gasteiger partial charge on any atom is 0.435 e. The molecule has 0 spiro atoms. The number of sulfonamides is 1. The van der Waals surface area contributed by atoms with Crippen LogP contribution in [0.3, 0.4) is 0 Å². The van der Waals surface area contributed by atoms with Gasteiger partial charge in [-0.2, -0.15) is 18.3 Å². The molecule has 1 fully saturated rings. The number of carbonyl (C=O) groups is 2. The highest BCUT2D eigenvalue weighted by atomic mass is 32.2. The van der Waals surface area contributed by atoms with Crippen LogP contribution in [0.15, 0.2) is 64.8 Å². The third-order valence-electron chi connectivity index (χ3n) is 6.91. The number of aromatic nitrogens is 2. The van der Waals surface area contributed by atoms with Crippen LogP contribution in [0.4, 0.5) is 13.2 Å². The minimum absolute atomic E-state index is 0.0715. The first-order valence-corrected chi connectivity index (χ1v) is 15.3. The molecular formula is C28H31F3N6O7S. The number of amides is 1. The number of piperidine rings is 1. The quantitative estimate of drug-likeness (QED) is 0.0840. The van der Waals surface area contributed by atoms with Gasteiger partial charge in [0.05, 0.1) is 40.3 Å². The third-order valence-corrected chi connectivity index (χ3v) is 8.27. The van der Waals surface area contributed by atoms with E-state index in [-0.39, 0.29) is 53.1 Å². The number of alkyl halides is 3. The van der Waals surface area contributed by atoms with Crippen LogP contribution >= 0.6 is 0 Å². The summed E-state index contributed by atoms with van der Waals surface area (Å²) in [5, 5.41) is 20.3. The summed E-state index contributed by atoms with van der Waals surface area (Å²) in [6.07, 6.45) is -4.42. The van der Waals surface area contributed by atoms with Crippen LogP contribution in [-0.2, 0) is 35.4 Å². The van der Waals surface area contributed by atoms with Crippen molar-refractivity contribution in [1.82, 2.24) is 19.5 Å². The Morgan fingerprint density at radius 3 is 2.31 bits per heavy atom. The van der Waals surface area contributed by atoms with Gasteiger partial charge in [-0.05, 0) is 50.1 Å². The molecule has 13 nitrogen and oxygen atoms in total. The molecule has 1 saturated heterocycles. The molecule has 0 atom stereocenters. The van der Waals surface area contributed by atoms with Crippen molar-refractivity contribution in [3.05, 3.63) is 71.1 Å². The number of benzene rings is 2. The van der Waals surface area contributed by atoms with Gasteiger partial charge in [0.25, 0.3) is 16.8 Å². The van der Waals surface area contributed by atoms with Crippen molar-refractivity contribution >= 4 is 21.9 Å². The van der Waals surface area contributed by atoms with Crippen LogP contribution in [0.5, 0.6) is 0 Å². The summed E-state index contributed by atoms with van der Waals surface area (Å²) in [6, 6.07) is 12.6. The normalized spacial score (nSPS) is 14.8. The first kappa shape index (κ1) is 33.2. The largest absolute Gasteiger partial charge is 0.569 e. The minimum atomic E-state index is -4.70. The van der Waals surface area contributed by atoms with Gasteiger partial charge in [-0.3, -0.25) is 9.59 Å². The first-order chi connectivity index (χ1) is 21.2. The lowest BCUT2D eigenvalue weighted by Gasteiger charge is -2.27. The van der Waals surface area contributed by atoms with E-state index >= 15 is 0 Å². The number of carbonyl (C=O) groups excluding carboxylic acids is 2. The molecule has 0 saturated carbocycles. The Bertz CT molecular complexity index is 1650. The Kier molecular flexibility index (Phi) is 10.00. The average Bonchev–Trinajstić information content (AvgIpc) is 3.46. The molecule has 242 valence electrons. The summed E-state index contributed by atoms with van der Waals surface area (Å²) in [4.78, 5) is 28.7. The van der Waals surface area contributed by atoms with E-state index in [4.69, 9.17) is 4.74 Å². The van der Waals surface area contributed by atoms with Gasteiger partial charge >= 0.3 is 12.1 Å². The lowest BCUT2D eigenvalue weighted by molar-refractivity contribution is -0.713. The number of nitrogens with zero attached hydrogens (tertiary/aromatic N) is 5. The number of esters is 1. The van der Waals surface area contributed by atoms with E-state index in [0.717, 1.165) is 28.4 Å². The highest BCUT2D eigenvalue weighted by Gasteiger charge is 2.35. The van der Waals surface area contributed by atoms with E-state index in [2.05, 4.69) is 15.2 Å². The molecule has 17 heteroatoms. The molecular weight excluding hydrogens is 621 g/mol. The van der Waals surface area contributed by atoms with Gasteiger partial charge in [0, 0.05) is 11.5 Å². The maximum atomic E-state index is 13.5. The topological polar surface area (TPSA) is 158 Å². The molecule has 1 amide bonds. The number of halogens is 3. The van der Waals surface area contributed by atoms with E-state index in [1.807, 2.05) is 11.6 Å². The lowest BCUT2D eigenvalue weighted by Crippen LogP contribution is -2.44. The number of aryl methyl sites for hydroxylation is 1. The number of ether oxygens (including phenoxy) is 1. The molecule has 1 N–H and O–H groups in total. The summed E-state index contributed by atoms with van der Waals surface area (Å²) in [7, 11) is -4.33. The predicted octanol–water partition coefficient (Wildman–Crippen LogP) is 4.35. The lowest BCUT2D eigenvalue weighted by atomic mass is 9.97. The summed E-state index contributed by atoms with van der Waals surface area (Å²) in [5.41, 5.74) is 0.615. The molecule has 1 aliphatic heterocycles. The van der Waals surface area contributed by atoms with Gasteiger partial charge in [-0.25, -0.2) is 17.8 Å². The van der Waals surface area contributed by atoms with E-state index in [1.165, 1.54) is 17.1 Å². The number of hydrogen-bond acceptors (Lipinski definition) is 9. The van der Waals surface area contributed by atoms with Crippen LogP contribution < -0.4 is 4.72 Å². The van der Waals surface area contributed by atoms with Crippen molar-refractivity contribution in [2.45, 2.75) is 44.7 Å². The van der Waals surface area contributed by atoms with Crippen LogP contribution in [0, 0.1) is 24.0 Å². The smallest absolute Gasteiger partial charge is 0.435 e. The average molecular weight is 653 g/mol. The summed E-state index contributed by atoms with van der Waals surface area (Å²) in [5.74, 6) is -2.39. The second kappa shape index (κ2) is 13.5. The Hall–Kier alpha value is -4.67. The van der Waals surface area contributed by atoms with Crippen LogP contribution in [0.2, 0.25) is 0 Å². The fraction of sp³-hybridized carbons (Fsp3) is 0.393. The molecule has 0 bridgehead atoms. The van der Waals surface area contributed by atoms with E-state index in [9.17, 15) is 36.4 Å². The zero-order valence-corrected chi connectivity index (χ0v) is 25.3. The Balaban J connectivity index is 1.39. The van der Waals surface area contributed by atoms with Gasteiger partial charge in [0.15, 0.2) is 5.69 Å². The molecule has 1 aliphatic rings. The second-order valence-corrected chi connectivity index (χ2v) is 12.3. The van der Waals surface area contributed by atoms with Crippen molar-refractivity contribution in [2.75, 3.05) is 19.9 Å². The first-order valence-electron chi connectivity index (χ1n) is 13.8. The summed E-state index contributed by atoms with van der Waals surface area (Å²) < 4.78 is 74.3. The van der Waals surface area contributed by atoms with Gasteiger partial charge in [0.1, 0.15) is 0 Å². The van der Waals surface area contributed by atoms with Crippen LogP contribution in [0.25, 0.3) is 16.9 Å². The highest BCUT2D eigenvalue weighted by molar-refractivity contribution is 7.90. The molecule has 2 aromatic carbocycles. The van der Waals surface area contributed by atoms with Crippen molar-refractivity contribution in [3.8, 4) is 16.9 Å². The number of nitrogens with one attached hydrogen (secondary N) is 1. The molecule has 0 radical (unpaired) electrons. The molecule has 3 aromatic rings. The van der Waals surface area contributed by atoms with Crippen LogP contribution in [-0.4, -0.2) is 59.9 Å². The number of hydrogen-bond donors (Lipinski definition) is 1. The van der Waals surface area contributed by atoms with Crippen LogP contribution in [0.1, 0.15) is 37.9 Å². The van der Waals surface area contributed by atoms with Crippen molar-refractivity contribution in [3.63, 3.8) is 0 Å². The minimum Gasteiger partial charge on any atom is -0.569 e. The highest BCUT2D eigenvalue weighted by Crippen LogP contribution is 2.33. The fourth-order valence-corrected chi connectivity index (χ4v) is 5.41. The molecule has 0 aliphatic carbocycles. The molecule has 45 heavy (non-hydrogen) atoms. The third kappa shape index (κ3) is 8.29. The zero-order valence-electron chi connectivity index (χ0n) is 24.5. The Labute approximate surface area is 256 Å². The number of hydrazine groups is 1. The zero-order chi connectivity index (χ0) is 32.9. The van der Waals surface area contributed by atoms with E-state index < -0.39 is 46.5 Å². The van der Waals surface area contributed by atoms with Gasteiger partial charge in [0.2, 0.25) is 11.2 Å². The molecule has 2 heterocycles. The molecule has 0 unspecified atom stereocenters. The monoisotopic (exact) mass is 652 g/mol. The number of rotatable bonds is 10. The van der Waals surface area contributed by atoms with Gasteiger partial charge in [-0.1, -0.05) is 43.7 Å². The van der Waals surface area contributed by atoms with Gasteiger partial charge < -0.3 is 14.8 Å². The van der Waals surface area contributed by atoms with Crippen molar-refractivity contribution in [1.29, 1.82) is 0 Å². The van der Waals surface area contributed by atoms with E-state index in [0.29, 0.717) is 5.56 Å². The van der Waals surface area contributed by atoms with Gasteiger partial charge in [-0.15, -0.1) is 5.01 Å². The molecule has 4 rings (SSSR count). The standard InChI is InChI=1S/C28H31F3N6O7S/c1-18(2)27(39)43-17-44-34-37(40)35-14-12-21(13-15-35)26(38)33-45(41,42)23-10-8-22(9-11-23)36-24(16-25(32-36)28(29,30)31)20-6-4-19(3)5-7-20/h4-11,16,18,21H,12-15,17H2,1-3H3,(H,33,38). The SMILES string of the molecule is Cc1ccc(-c2cc(C(F)(F)F)nn2-c2ccc(S(=O)(=O)NC(=O)C3CCN([N+]([O-])=NOCOC(=O)C(C)C)CC3)cc2)cc1. The fourth-order valence-electron chi connectivity index (χ4n) is 4.36. The second-order valence-electron chi connectivity index (χ2n) is 10.6. The Morgan fingerprint density at radius 1 is 1.11 bits per heavy atom. The molecule has 1 aromatic heterocycles. The predicted molar refractivity (Wildman–Crippen MR) is 151 cm³/mol. The maximum absolute atomic E-state index is 13.5. The van der Waals surface area contributed by atoms with E-state index in [1.54, 1.807) is 38.1 Å². The summed E-state index contributed by atoms with van der Waals surface area (Å²) in [6.45, 7) is 4.70. The Morgan fingerprint density at radius 2 is 1.73 bits per heavy atom. The summed E-state index contributed by atoms with van der Waals surface area (Å²) >= 11 is 0. The van der Waals surface area contributed by atoms with Crippen molar-refractivity contribution in [2.24, 2.45) is 17.1 Å². The van der Waals surface area contributed by atoms with Crippen molar-refractivity contribution < 1.29 is 45.7 Å².